The van der Waals surface area contributed by atoms with E-state index in [1.807, 2.05) is 69.3 Å². The van der Waals surface area contributed by atoms with Gasteiger partial charge in [-0.1, -0.05) is 55.2 Å². The molecule has 15 atom stereocenters. The molecule has 4 aromatic carbocycles. The maximum atomic E-state index is 14.5. The van der Waals surface area contributed by atoms with Gasteiger partial charge in [0.05, 0.1) is 36.6 Å². The molecule has 3 saturated heterocycles. The zero-order valence-electron chi connectivity index (χ0n) is 48.2. The third kappa shape index (κ3) is 16.5. The summed E-state index contributed by atoms with van der Waals surface area (Å²) in [6.45, 7) is 9.43. The summed E-state index contributed by atoms with van der Waals surface area (Å²) < 4.78 is 11.4. The van der Waals surface area contributed by atoms with E-state index in [9.17, 15) is 79.5 Å². The van der Waals surface area contributed by atoms with Gasteiger partial charge in [-0.05, 0) is 112 Å². The number of aliphatic hydroxyl groups is 8. The van der Waals surface area contributed by atoms with Crippen LogP contribution in [-0.2, 0) is 33.5 Å². The number of fused-ring (bicyclic) bond motifs is 2. The van der Waals surface area contributed by atoms with Crippen LogP contribution in [0.4, 0.5) is 0 Å². The fourth-order valence-corrected chi connectivity index (χ4v) is 10.1. The molecule has 0 radical (unpaired) electrons. The van der Waals surface area contributed by atoms with Crippen LogP contribution in [-0.4, -0.2) is 208 Å². The first kappa shape index (κ1) is 65.5. The van der Waals surface area contributed by atoms with Crippen molar-refractivity contribution in [2.45, 2.75) is 145 Å². The Balaban J connectivity index is 1.14. The smallest absolute Gasteiger partial charge is 0.251 e. The van der Waals surface area contributed by atoms with E-state index >= 15 is 0 Å². The Labute approximate surface area is 496 Å². The molecule has 0 spiro atoms. The van der Waals surface area contributed by atoms with Gasteiger partial charge in [-0.25, -0.2) is 0 Å². The number of ether oxygens (including phenoxy) is 2. The van der Waals surface area contributed by atoms with Crippen molar-refractivity contribution in [3.63, 3.8) is 0 Å². The summed E-state index contributed by atoms with van der Waals surface area (Å²) >= 11 is 0. The Morgan fingerprint density at radius 2 is 1.19 bits per heavy atom. The number of nitrogens with zero attached hydrogens (tertiary/aromatic N) is 2. The molecule has 3 aliphatic rings. The van der Waals surface area contributed by atoms with Crippen molar-refractivity contribution in [1.82, 2.24) is 36.4 Å². The molecule has 3 aliphatic heterocycles. The summed E-state index contributed by atoms with van der Waals surface area (Å²) in [4.78, 5) is 102. The first-order valence-corrected chi connectivity index (χ1v) is 28.1. The summed E-state index contributed by atoms with van der Waals surface area (Å²) in [5.41, 5.74) is 2.57. The summed E-state index contributed by atoms with van der Waals surface area (Å²) in [6.07, 6.45) is -16.9. The van der Waals surface area contributed by atoms with Crippen molar-refractivity contribution >= 4 is 41.4 Å². The third-order valence-corrected chi connectivity index (χ3v) is 14.9. The second-order valence-corrected chi connectivity index (χ2v) is 22.8. The topological polar surface area (TPSA) is 387 Å². The number of amides is 7. The molecular formula is C61H75N7O18. The Kier molecular flexibility index (Phi) is 21.7. The molecule has 7 rings (SSSR count). The summed E-state index contributed by atoms with van der Waals surface area (Å²) in [5.74, 6) is -2.59. The highest BCUT2D eigenvalue weighted by molar-refractivity contribution is 6.00. The van der Waals surface area contributed by atoms with Gasteiger partial charge in [0, 0.05) is 48.5 Å². The van der Waals surface area contributed by atoms with E-state index in [0.717, 1.165) is 52.5 Å². The summed E-state index contributed by atoms with van der Waals surface area (Å²) in [5, 5.41) is 111. The Morgan fingerprint density at radius 1 is 0.651 bits per heavy atom. The number of hydrogen-bond donors (Lipinski definition) is 14. The van der Waals surface area contributed by atoms with Gasteiger partial charge in [0.2, 0.25) is 35.4 Å². The molecule has 0 saturated carbocycles. The van der Waals surface area contributed by atoms with Gasteiger partial charge >= 0.3 is 0 Å². The molecule has 4 aromatic rings. The lowest BCUT2D eigenvalue weighted by Crippen LogP contribution is -2.64. The molecule has 7 amide bonds. The fraction of sp³-hybridized carbons (Fsp3) is 0.459. The van der Waals surface area contributed by atoms with E-state index in [1.165, 1.54) is 31.2 Å². The second kappa shape index (κ2) is 28.4. The van der Waals surface area contributed by atoms with Crippen LogP contribution in [0.1, 0.15) is 87.5 Å². The molecule has 0 bridgehead atoms. The SMILES string of the molecule is C[C@@H](O)[C@@H]1NC(=O)[C@H]([C@H](O)[C@@H](O)c2ccc(O)cc2)NC(=O)[C@@H]2C[C@@H](O)CN2C(=O)[C@H]([C@@H](C)O)NC(=O)[C@@H](NC(=O)c2ccc(-c3ccc(C#Cc4ccc(OCCOC(C)(C)C)cc4)cc3)cc2)C[C@@H](O)[C@H](O)NC(=O)[C@@H]2[C@@H](O)[C@@H](C)CN2C1=O. The number of hydrogen-bond acceptors (Lipinski definition) is 18. The number of carbonyl (C=O) groups is 7. The van der Waals surface area contributed by atoms with Crippen LogP contribution in [0.25, 0.3) is 11.1 Å². The zero-order chi connectivity index (χ0) is 62.9. The highest BCUT2D eigenvalue weighted by Crippen LogP contribution is 2.28. The third-order valence-electron chi connectivity index (χ3n) is 14.9. The minimum atomic E-state index is -2.30. The second-order valence-electron chi connectivity index (χ2n) is 22.8. The van der Waals surface area contributed by atoms with Crippen LogP contribution in [0.5, 0.6) is 11.5 Å². The normalized spacial score (nSPS) is 26.8. The van der Waals surface area contributed by atoms with E-state index in [4.69, 9.17) is 9.47 Å². The molecule has 25 heteroatoms. The summed E-state index contributed by atoms with van der Waals surface area (Å²) in [7, 11) is 0. The molecule has 0 aliphatic carbocycles. The van der Waals surface area contributed by atoms with Gasteiger partial charge in [0.1, 0.15) is 72.7 Å². The fourth-order valence-electron chi connectivity index (χ4n) is 10.1. The maximum absolute atomic E-state index is 14.5. The van der Waals surface area contributed by atoms with Gasteiger partial charge in [-0.15, -0.1) is 0 Å². The van der Waals surface area contributed by atoms with Crippen molar-refractivity contribution < 1.29 is 89.0 Å². The van der Waals surface area contributed by atoms with Gasteiger partial charge in [-0.2, -0.15) is 0 Å². The average Bonchev–Trinajstić information content (AvgIpc) is 1.78. The van der Waals surface area contributed by atoms with Gasteiger partial charge in [0.25, 0.3) is 5.91 Å². The van der Waals surface area contributed by atoms with Crippen LogP contribution >= 0.6 is 0 Å². The standard InChI is InChI=1S/C61H75N7O18/c1-31-29-68-49(50(31)74)58(82)66-56(80)45(73)28-43(62-53(77)39-17-15-37(16-18-39)36-13-9-34(10-14-36)7-8-35-11-23-42(24-12-35)85-25-26-86-61(4,5)6)54(78)63-46(32(2)69)59(83)67-30-41(72)27-44(67)55(79)65-48(57(81)64-47(33(3)70)60(68)84)52(76)51(75)38-19-21-40(71)22-20-38/h9-24,31-33,41,43-52,56,69-76,80H,25-30H2,1-6H3,(H,62,77)(H,63,78)(H,64,81)(H,65,79)(H,66,82)/t31-,32+,33+,41+,43-,44-,45+,46-,47-,48-,49-,50-,51-,52-,56-/m0/s1. The molecule has 3 heterocycles. The number of carbonyl (C=O) groups excluding carboxylic acids is 7. The molecule has 3 fully saturated rings. The Hall–Kier alpha value is -8.03. The highest BCUT2D eigenvalue weighted by atomic mass is 16.5. The van der Waals surface area contributed by atoms with Crippen LogP contribution < -0.4 is 31.3 Å². The minimum absolute atomic E-state index is 0.0102. The van der Waals surface area contributed by atoms with Crippen LogP contribution in [0.15, 0.2) is 97.1 Å². The zero-order valence-corrected chi connectivity index (χ0v) is 48.2. The number of rotatable bonds is 12. The molecular weight excluding hydrogens is 1120 g/mol. The lowest BCUT2D eigenvalue weighted by Gasteiger charge is -2.34. The molecule has 86 heavy (non-hydrogen) atoms. The van der Waals surface area contributed by atoms with E-state index in [2.05, 4.69) is 38.4 Å². The Bertz CT molecular complexity index is 3110. The number of benzene rings is 4. The Morgan fingerprint density at radius 3 is 1.76 bits per heavy atom. The molecule has 0 aromatic heterocycles. The van der Waals surface area contributed by atoms with Crippen molar-refractivity contribution in [2.75, 3.05) is 26.3 Å². The van der Waals surface area contributed by atoms with Crippen molar-refractivity contribution in [3.05, 3.63) is 119 Å². The number of aromatic hydroxyl groups is 1. The number of phenolic OH excluding ortho intramolecular Hbond substituents is 1. The molecule has 462 valence electrons. The molecule has 25 nitrogen and oxygen atoms in total. The largest absolute Gasteiger partial charge is 0.508 e. The van der Waals surface area contributed by atoms with E-state index in [-0.39, 0.29) is 29.0 Å². The van der Waals surface area contributed by atoms with Crippen molar-refractivity contribution in [3.8, 4) is 34.5 Å². The first-order valence-electron chi connectivity index (χ1n) is 28.1. The number of phenols is 1. The monoisotopic (exact) mass is 1190 g/mol. The van der Waals surface area contributed by atoms with E-state index in [0.29, 0.717) is 24.5 Å². The van der Waals surface area contributed by atoms with Gasteiger partial charge in [0.15, 0.2) is 6.23 Å². The predicted octanol–water partition coefficient (Wildman–Crippen LogP) is -1.57. The first-order chi connectivity index (χ1) is 40.6. The van der Waals surface area contributed by atoms with E-state index < -0.39 is 152 Å². The van der Waals surface area contributed by atoms with Crippen LogP contribution in [0.2, 0.25) is 0 Å². The predicted molar refractivity (Wildman–Crippen MR) is 307 cm³/mol. The van der Waals surface area contributed by atoms with Crippen molar-refractivity contribution in [2.24, 2.45) is 5.92 Å². The lowest BCUT2D eigenvalue weighted by molar-refractivity contribution is -0.148. The van der Waals surface area contributed by atoms with Crippen LogP contribution in [0, 0.1) is 17.8 Å². The maximum Gasteiger partial charge on any atom is 0.251 e. The minimum Gasteiger partial charge on any atom is -0.508 e. The quantitative estimate of drug-likeness (QED) is 0.0563. The van der Waals surface area contributed by atoms with Gasteiger partial charge < -0.3 is 91.8 Å². The summed E-state index contributed by atoms with van der Waals surface area (Å²) in [6, 6.07) is 13.8. The van der Waals surface area contributed by atoms with Crippen LogP contribution in [0.3, 0.4) is 0 Å². The average molecular weight is 1190 g/mol. The van der Waals surface area contributed by atoms with E-state index in [1.54, 1.807) is 12.1 Å². The lowest BCUT2D eigenvalue weighted by atomic mass is 9.96. The van der Waals surface area contributed by atoms with Crippen molar-refractivity contribution in [1.29, 1.82) is 0 Å². The highest BCUT2D eigenvalue weighted by Gasteiger charge is 2.50. The number of nitrogens with one attached hydrogen (secondary N) is 5. The molecule has 0 unspecified atom stereocenters. The number of aliphatic hydroxyl groups excluding tert-OH is 8. The molecule has 14 N–H and O–H groups in total. The van der Waals surface area contributed by atoms with Gasteiger partial charge in [-0.3, -0.25) is 33.6 Å².